The highest BCUT2D eigenvalue weighted by Gasteiger charge is 2.22. The van der Waals surface area contributed by atoms with Crippen molar-refractivity contribution in [3.63, 3.8) is 0 Å². The first-order chi connectivity index (χ1) is 12.3. The first-order valence-corrected chi connectivity index (χ1v) is 8.38. The number of ether oxygens (including phenoxy) is 1. The fourth-order valence-electron chi connectivity index (χ4n) is 2.95. The predicted octanol–water partition coefficient (Wildman–Crippen LogP) is 3.13. The molecule has 0 unspecified atom stereocenters. The van der Waals surface area contributed by atoms with Crippen molar-refractivity contribution >= 4 is 18.4 Å². The maximum Gasteiger partial charge on any atom is 0.318 e. The molecule has 0 bridgehead atoms. The van der Waals surface area contributed by atoms with Crippen molar-refractivity contribution in [2.45, 2.75) is 19.0 Å². The fourth-order valence-corrected chi connectivity index (χ4v) is 2.95. The van der Waals surface area contributed by atoms with Crippen LogP contribution in [-0.2, 0) is 13.0 Å². The molecule has 136 valence electrons. The second kappa shape index (κ2) is 8.21. The number of para-hydroxylation sites is 1. The molecule has 7 heteroatoms. The Labute approximate surface area is 158 Å². The summed E-state index contributed by atoms with van der Waals surface area (Å²) in [5.74, 6) is 1.36. The van der Waals surface area contributed by atoms with Crippen molar-refractivity contribution in [3.05, 3.63) is 71.6 Å². The Bertz CT molecular complexity index is 840. The molecule has 0 saturated carbocycles. The number of aromatic nitrogens is 2. The molecule has 2 N–H and O–H groups in total. The minimum atomic E-state index is -0.320. The molecule has 0 saturated heterocycles. The molecule has 0 amide bonds. The van der Waals surface area contributed by atoms with Crippen LogP contribution < -0.4 is 15.4 Å². The normalized spacial score (nSPS) is 14.6. The Morgan fingerprint density at radius 1 is 1.04 bits per heavy atom. The summed E-state index contributed by atoms with van der Waals surface area (Å²) in [6.45, 7) is 1.93. The summed E-state index contributed by atoms with van der Waals surface area (Å²) >= 11 is 0. The Balaban J connectivity index is 0.00000196. The van der Waals surface area contributed by atoms with Gasteiger partial charge in [0, 0.05) is 5.56 Å². The molecule has 0 spiro atoms. The van der Waals surface area contributed by atoms with E-state index in [-0.39, 0.29) is 18.4 Å². The number of hydrogen-bond acceptors (Lipinski definition) is 6. The quantitative estimate of drug-likeness (QED) is 0.758. The van der Waals surface area contributed by atoms with Gasteiger partial charge in [0.15, 0.2) is 0 Å². The standard InChI is InChI=1S/C19H20N4O2.ClH/c20-16(12-14-6-2-1-3-7-14)18-21-22-19(25-18)23-10-11-24-17-9-5-4-8-15(17)13-23;/h1-9,16H,10-13,20H2;1H/t16-;/m1./s1. The molecule has 26 heavy (non-hydrogen) atoms. The lowest BCUT2D eigenvalue weighted by Gasteiger charge is -2.16. The second-order valence-electron chi connectivity index (χ2n) is 6.10. The second-order valence-corrected chi connectivity index (χ2v) is 6.10. The maximum atomic E-state index is 6.24. The third-order valence-electron chi connectivity index (χ3n) is 4.27. The van der Waals surface area contributed by atoms with E-state index in [4.69, 9.17) is 14.9 Å². The van der Waals surface area contributed by atoms with Crippen molar-refractivity contribution in [2.75, 3.05) is 18.1 Å². The molecule has 2 aromatic carbocycles. The van der Waals surface area contributed by atoms with E-state index < -0.39 is 0 Å². The van der Waals surface area contributed by atoms with Gasteiger partial charge in [-0.2, -0.15) is 0 Å². The van der Waals surface area contributed by atoms with Crippen LogP contribution in [0.4, 0.5) is 6.01 Å². The molecule has 1 aliphatic heterocycles. The van der Waals surface area contributed by atoms with Crippen molar-refractivity contribution in [3.8, 4) is 5.75 Å². The van der Waals surface area contributed by atoms with E-state index in [2.05, 4.69) is 10.2 Å². The number of hydrogen-bond donors (Lipinski definition) is 1. The molecule has 1 aliphatic rings. The van der Waals surface area contributed by atoms with Crippen molar-refractivity contribution in [2.24, 2.45) is 5.73 Å². The molecular weight excluding hydrogens is 352 g/mol. The van der Waals surface area contributed by atoms with E-state index in [1.807, 2.05) is 59.5 Å². The Kier molecular flexibility index (Phi) is 5.75. The van der Waals surface area contributed by atoms with Gasteiger partial charge in [0.2, 0.25) is 5.89 Å². The number of benzene rings is 2. The lowest BCUT2D eigenvalue weighted by molar-refractivity contribution is 0.328. The van der Waals surface area contributed by atoms with Gasteiger partial charge in [-0.05, 0) is 18.1 Å². The summed E-state index contributed by atoms with van der Waals surface area (Å²) in [4.78, 5) is 2.03. The smallest absolute Gasteiger partial charge is 0.318 e. The van der Waals surface area contributed by atoms with Crippen LogP contribution >= 0.6 is 12.4 Å². The maximum absolute atomic E-state index is 6.24. The number of nitrogens with two attached hydrogens (primary N) is 1. The van der Waals surface area contributed by atoms with Crippen molar-refractivity contribution in [1.82, 2.24) is 10.2 Å². The zero-order chi connectivity index (χ0) is 17.1. The van der Waals surface area contributed by atoms with E-state index in [9.17, 15) is 0 Å². The molecule has 1 atom stereocenters. The van der Waals surface area contributed by atoms with E-state index in [0.717, 1.165) is 16.9 Å². The van der Waals surface area contributed by atoms with Crippen LogP contribution in [0.5, 0.6) is 5.75 Å². The van der Waals surface area contributed by atoms with Crippen LogP contribution in [0.2, 0.25) is 0 Å². The van der Waals surface area contributed by atoms with Crippen molar-refractivity contribution in [1.29, 1.82) is 0 Å². The number of nitrogens with zero attached hydrogens (tertiary/aromatic N) is 3. The molecule has 2 heterocycles. The summed E-state index contributed by atoms with van der Waals surface area (Å²) in [6.07, 6.45) is 0.661. The molecule has 0 aliphatic carbocycles. The van der Waals surface area contributed by atoms with Gasteiger partial charge in [-0.25, -0.2) is 0 Å². The zero-order valence-electron chi connectivity index (χ0n) is 14.2. The minimum Gasteiger partial charge on any atom is -0.491 e. The van der Waals surface area contributed by atoms with Gasteiger partial charge in [0.05, 0.1) is 19.1 Å². The van der Waals surface area contributed by atoms with Gasteiger partial charge in [-0.1, -0.05) is 53.6 Å². The lowest BCUT2D eigenvalue weighted by Crippen LogP contribution is -2.25. The molecule has 4 rings (SSSR count). The lowest BCUT2D eigenvalue weighted by atomic mass is 10.1. The summed E-state index contributed by atoms with van der Waals surface area (Å²) < 4.78 is 11.6. The van der Waals surface area contributed by atoms with Gasteiger partial charge in [0.1, 0.15) is 12.4 Å². The van der Waals surface area contributed by atoms with Crippen LogP contribution in [-0.4, -0.2) is 23.3 Å². The average Bonchev–Trinajstić information content (AvgIpc) is 3.03. The van der Waals surface area contributed by atoms with Crippen LogP contribution in [0, 0.1) is 0 Å². The van der Waals surface area contributed by atoms with Crippen LogP contribution in [0.25, 0.3) is 0 Å². The van der Waals surface area contributed by atoms with E-state index in [0.29, 0.717) is 38.0 Å². The Hall–Kier alpha value is -2.57. The zero-order valence-corrected chi connectivity index (χ0v) is 15.1. The first kappa shape index (κ1) is 18.2. The third kappa shape index (κ3) is 3.98. The fraction of sp³-hybridized carbons (Fsp3) is 0.263. The topological polar surface area (TPSA) is 77.4 Å². The van der Waals surface area contributed by atoms with Crippen LogP contribution in [0.3, 0.4) is 0 Å². The van der Waals surface area contributed by atoms with Gasteiger partial charge < -0.3 is 19.8 Å². The van der Waals surface area contributed by atoms with E-state index >= 15 is 0 Å². The van der Waals surface area contributed by atoms with Gasteiger partial charge in [0.25, 0.3) is 0 Å². The number of halogens is 1. The SMILES string of the molecule is Cl.N[C@H](Cc1ccccc1)c1nnc(N2CCOc3ccccc3C2)o1. The number of anilines is 1. The van der Waals surface area contributed by atoms with E-state index in [1.54, 1.807) is 0 Å². The molecule has 3 aromatic rings. The highest BCUT2D eigenvalue weighted by atomic mass is 35.5. The molecule has 1 aromatic heterocycles. The summed E-state index contributed by atoms with van der Waals surface area (Å²) in [6, 6.07) is 18.2. The van der Waals surface area contributed by atoms with Gasteiger partial charge >= 0.3 is 6.01 Å². The highest BCUT2D eigenvalue weighted by molar-refractivity contribution is 5.85. The highest BCUT2D eigenvalue weighted by Crippen LogP contribution is 2.26. The first-order valence-electron chi connectivity index (χ1n) is 8.38. The monoisotopic (exact) mass is 372 g/mol. The minimum absolute atomic E-state index is 0. The predicted molar refractivity (Wildman–Crippen MR) is 102 cm³/mol. The summed E-state index contributed by atoms with van der Waals surface area (Å²) in [5, 5.41) is 8.34. The molecule has 0 radical (unpaired) electrons. The summed E-state index contributed by atoms with van der Waals surface area (Å²) in [7, 11) is 0. The molecule has 0 fully saturated rings. The molecular formula is C19H21ClN4O2. The Morgan fingerprint density at radius 3 is 2.65 bits per heavy atom. The van der Waals surface area contributed by atoms with Crippen LogP contribution in [0.1, 0.15) is 23.1 Å². The van der Waals surface area contributed by atoms with Crippen LogP contribution in [0.15, 0.2) is 59.0 Å². The summed E-state index contributed by atoms with van der Waals surface area (Å²) in [5.41, 5.74) is 8.49. The van der Waals surface area contributed by atoms with E-state index in [1.165, 1.54) is 0 Å². The van der Waals surface area contributed by atoms with Gasteiger partial charge in [-0.3, -0.25) is 0 Å². The van der Waals surface area contributed by atoms with Crippen molar-refractivity contribution < 1.29 is 9.15 Å². The number of fused-ring (bicyclic) bond motifs is 1. The molecule has 6 nitrogen and oxygen atoms in total. The largest absolute Gasteiger partial charge is 0.491 e. The van der Waals surface area contributed by atoms with Gasteiger partial charge in [-0.15, -0.1) is 17.5 Å². The third-order valence-corrected chi connectivity index (χ3v) is 4.27. The average molecular weight is 373 g/mol. The number of rotatable bonds is 4. The Morgan fingerprint density at radius 2 is 1.81 bits per heavy atom.